The monoisotopic (exact) mass is 424 g/mol. The van der Waals surface area contributed by atoms with Crippen molar-refractivity contribution in [1.29, 1.82) is 0 Å². The molecule has 0 aliphatic heterocycles. The molecule has 1 unspecified atom stereocenters. The molecule has 2 rings (SSSR count). The van der Waals surface area contributed by atoms with Gasteiger partial charge in [-0.25, -0.2) is 4.98 Å². The molecule has 0 fully saturated rings. The number of nitrogens with zero attached hydrogens (tertiary/aromatic N) is 2. The van der Waals surface area contributed by atoms with Crippen LogP contribution in [0.4, 0.5) is 18.9 Å². The third kappa shape index (κ3) is 4.97. The number of halogens is 4. The minimum Gasteiger partial charge on any atom is -0.438 e. The second-order valence-electron chi connectivity index (χ2n) is 5.44. The normalized spacial score (nSPS) is 13.9. The van der Waals surface area contributed by atoms with Crippen LogP contribution < -0.4 is 10.0 Å². The van der Waals surface area contributed by atoms with Crippen molar-refractivity contribution in [3.05, 3.63) is 51.2 Å². The Morgan fingerprint density at radius 3 is 2.56 bits per heavy atom. The van der Waals surface area contributed by atoms with Crippen molar-refractivity contribution in [2.75, 3.05) is 6.16 Å². The zero-order valence-electron chi connectivity index (χ0n) is 13.7. The molecule has 0 bridgehead atoms. The summed E-state index contributed by atoms with van der Waals surface area (Å²) in [6, 6.07) is 3.71. The first-order chi connectivity index (χ1) is 12.5. The van der Waals surface area contributed by atoms with E-state index in [1.807, 2.05) is 0 Å². The maximum Gasteiger partial charge on any atom is 0.417 e. The van der Waals surface area contributed by atoms with Crippen LogP contribution in [0.3, 0.4) is 0 Å². The van der Waals surface area contributed by atoms with Crippen molar-refractivity contribution < 1.29 is 32.3 Å². The van der Waals surface area contributed by atoms with Crippen LogP contribution in [-0.2, 0) is 10.7 Å². The first kappa shape index (κ1) is 21.1. The van der Waals surface area contributed by atoms with Gasteiger partial charge in [0.15, 0.2) is 0 Å². The summed E-state index contributed by atoms with van der Waals surface area (Å²) in [5.74, 6) is -0.511. The Morgan fingerprint density at radius 1 is 1.37 bits per heavy atom. The Bertz CT molecular complexity index is 923. The summed E-state index contributed by atoms with van der Waals surface area (Å²) in [4.78, 5) is 23.9. The van der Waals surface area contributed by atoms with E-state index >= 15 is 0 Å². The van der Waals surface area contributed by atoms with Crippen LogP contribution in [0.1, 0.15) is 18.9 Å². The number of aromatic nitrogens is 1. The van der Waals surface area contributed by atoms with Crippen LogP contribution in [0.15, 0.2) is 30.5 Å². The van der Waals surface area contributed by atoms with Crippen molar-refractivity contribution in [2.24, 2.45) is 0 Å². The Hall–Kier alpha value is -2.16. The molecular formula is C15H13ClF3N2O5P. The third-order valence-corrected chi connectivity index (χ3v) is 5.83. The number of rotatable bonds is 6. The average Bonchev–Trinajstić information content (AvgIpc) is 2.55. The second-order valence-corrected chi connectivity index (χ2v) is 8.18. The standard InChI is InChI=1S/C15H13ClF3N2O5P/c1-2-5-27(24,25)13-7-10(3-4-12(13)21(22)23)26-14-11(16)6-9(8-20-14)15(17,18)19/h3-4,6-8H,2,5H2,1H3,(H,24,25). The minimum atomic E-state index is -4.64. The van der Waals surface area contributed by atoms with Crippen LogP contribution in [0.25, 0.3) is 0 Å². The largest absolute Gasteiger partial charge is 0.438 e. The third-order valence-electron chi connectivity index (χ3n) is 3.40. The number of hydrogen-bond acceptors (Lipinski definition) is 5. The van der Waals surface area contributed by atoms with Gasteiger partial charge in [-0.15, -0.1) is 0 Å². The molecule has 1 atom stereocenters. The van der Waals surface area contributed by atoms with E-state index in [-0.39, 0.29) is 17.8 Å². The first-order valence-electron chi connectivity index (χ1n) is 7.47. The second kappa shape index (κ2) is 7.84. The molecule has 1 heterocycles. The van der Waals surface area contributed by atoms with E-state index in [1.165, 1.54) is 0 Å². The van der Waals surface area contributed by atoms with Crippen LogP contribution >= 0.6 is 19.0 Å². The molecule has 1 N–H and O–H groups in total. The molecule has 0 radical (unpaired) electrons. The molecule has 2 aromatic rings. The number of pyridine rings is 1. The lowest BCUT2D eigenvalue weighted by atomic mass is 10.3. The molecule has 1 aromatic carbocycles. The van der Waals surface area contributed by atoms with E-state index in [0.717, 1.165) is 18.2 Å². The van der Waals surface area contributed by atoms with E-state index < -0.39 is 40.0 Å². The highest BCUT2D eigenvalue weighted by Crippen LogP contribution is 2.44. The zero-order chi connectivity index (χ0) is 20.4. The van der Waals surface area contributed by atoms with Crippen molar-refractivity contribution in [3.8, 4) is 11.6 Å². The number of alkyl halides is 3. The van der Waals surface area contributed by atoms with Crippen molar-refractivity contribution in [1.82, 2.24) is 4.98 Å². The maximum atomic E-state index is 12.6. The highest BCUT2D eigenvalue weighted by atomic mass is 35.5. The molecule has 146 valence electrons. The van der Waals surface area contributed by atoms with Crippen molar-refractivity contribution in [3.63, 3.8) is 0 Å². The average molecular weight is 425 g/mol. The Balaban J connectivity index is 2.43. The first-order valence-corrected chi connectivity index (χ1v) is 9.69. The van der Waals surface area contributed by atoms with Gasteiger partial charge in [-0.1, -0.05) is 18.5 Å². The predicted octanol–water partition coefficient (Wildman–Crippen LogP) is 4.76. The summed E-state index contributed by atoms with van der Waals surface area (Å²) >= 11 is 5.75. The SMILES string of the molecule is CCCP(=O)(O)c1cc(Oc2ncc(C(F)(F)F)cc2Cl)ccc1[N+](=O)[O-]. The molecular weight excluding hydrogens is 412 g/mol. The van der Waals surface area contributed by atoms with Gasteiger partial charge < -0.3 is 9.63 Å². The van der Waals surface area contributed by atoms with Crippen molar-refractivity contribution >= 4 is 30.0 Å². The maximum absolute atomic E-state index is 12.6. The van der Waals surface area contributed by atoms with Gasteiger partial charge in [0.2, 0.25) is 13.2 Å². The van der Waals surface area contributed by atoms with E-state index in [9.17, 15) is 32.7 Å². The topological polar surface area (TPSA) is 103 Å². The van der Waals surface area contributed by atoms with Gasteiger partial charge in [0.05, 0.1) is 10.5 Å². The summed E-state index contributed by atoms with van der Waals surface area (Å²) in [6.45, 7) is 1.64. The Kier molecular flexibility index (Phi) is 6.14. The molecule has 0 aliphatic carbocycles. The fraction of sp³-hybridized carbons (Fsp3) is 0.267. The van der Waals surface area contributed by atoms with Gasteiger partial charge in [0, 0.05) is 24.5 Å². The molecule has 27 heavy (non-hydrogen) atoms. The van der Waals surface area contributed by atoms with Crippen LogP contribution in [0.2, 0.25) is 5.02 Å². The molecule has 12 heteroatoms. The number of nitro benzene ring substituents is 1. The summed E-state index contributed by atoms with van der Waals surface area (Å²) in [5.41, 5.74) is -1.64. The quantitative estimate of drug-likeness (QED) is 0.407. The van der Waals surface area contributed by atoms with Gasteiger partial charge >= 0.3 is 6.18 Å². The number of nitro groups is 1. The van der Waals surface area contributed by atoms with Gasteiger partial charge in [0.25, 0.3) is 5.69 Å². The number of benzene rings is 1. The number of ether oxygens (including phenoxy) is 1. The molecule has 0 amide bonds. The lowest BCUT2D eigenvalue weighted by molar-refractivity contribution is -0.383. The Morgan fingerprint density at radius 2 is 2.04 bits per heavy atom. The molecule has 0 aliphatic rings. The highest BCUT2D eigenvalue weighted by molar-refractivity contribution is 7.66. The van der Waals surface area contributed by atoms with Crippen LogP contribution in [0.5, 0.6) is 11.6 Å². The van der Waals surface area contributed by atoms with Gasteiger partial charge in [0.1, 0.15) is 16.1 Å². The summed E-state index contributed by atoms with van der Waals surface area (Å²) in [5, 5.41) is 10.3. The lowest BCUT2D eigenvalue weighted by Crippen LogP contribution is -2.13. The number of hydrogen-bond donors (Lipinski definition) is 1. The molecule has 0 spiro atoms. The molecule has 1 aromatic heterocycles. The summed E-state index contributed by atoms with van der Waals surface area (Å²) in [6.07, 6.45) is -4.00. The minimum absolute atomic E-state index is 0.130. The summed E-state index contributed by atoms with van der Waals surface area (Å²) in [7, 11) is -4.03. The Labute approximate surface area is 156 Å². The predicted molar refractivity (Wildman–Crippen MR) is 92.0 cm³/mol. The molecule has 7 nitrogen and oxygen atoms in total. The van der Waals surface area contributed by atoms with Gasteiger partial charge in [-0.3, -0.25) is 14.7 Å². The lowest BCUT2D eigenvalue weighted by Gasteiger charge is -2.13. The van der Waals surface area contributed by atoms with E-state index in [1.54, 1.807) is 6.92 Å². The van der Waals surface area contributed by atoms with Gasteiger partial charge in [-0.2, -0.15) is 13.2 Å². The molecule has 0 saturated carbocycles. The zero-order valence-corrected chi connectivity index (χ0v) is 15.4. The van der Waals surface area contributed by atoms with E-state index in [0.29, 0.717) is 18.7 Å². The molecule has 0 saturated heterocycles. The van der Waals surface area contributed by atoms with Crippen molar-refractivity contribution in [2.45, 2.75) is 19.5 Å². The smallest absolute Gasteiger partial charge is 0.417 e. The highest BCUT2D eigenvalue weighted by Gasteiger charge is 2.32. The fourth-order valence-electron chi connectivity index (χ4n) is 2.19. The van der Waals surface area contributed by atoms with Crippen LogP contribution in [0, 0.1) is 10.1 Å². The van der Waals surface area contributed by atoms with Gasteiger partial charge in [-0.05, 0) is 18.6 Å². The van der Waals surface area contributed by atoms with E-state index in [4.69, 9.17) is 16.3 Å². The van der Waals surface area contributed by atoms with E-state index in [2.05, 4.69) is 4.98 Å². The summed E-state index contributed by atoms with van der Waals surface area (Å²) < 4.78 is 55.6. The fourth-order valence-corrected chi connectivity index (χ4v) is 4.09. The van der Waals surface area contributed by atoms with Crippen LogP contribution in [-0.4, -0.2) is 21.0 Å².